The third-order valence-corrected chi connectivity index (χ3v) is 3.98. The predicted octanol–water partition coefficient (Wildman–Crippen LogP) is 5.20. The Labute approximate surface area is 154 Å². The van der Waals surface area contributed by atoms with Crippen LogP contribution in [0, 0.1) is 0 Å². The number of benzene rings is 1. The molecule has 15 heteroatoms. The molecule has 0 saturated carbocycles. The molecule has 0 spiro atoms. The van der Waals surface area contributed by atoms with E-state index in [-0.39, 0.29) is 26.4 Å². The van der Waals surface area contributed by atoms with Gasteiger partial charge in [0.05, 0.1) is 0 Å². The van der Waals surface area contributed by atoms with Gasteiger partial charge in [-0.25, -0.2) is 0 Å². The zero-order valence-corrected chi connectivity index (χ0v) is 14.2. The molecular formula is C14H11F12NO2. The average molecular weight is 453 g/mol. The average Bonchev–Trinajstić information content (AvgIpc) is 2.42. The van der Waals surface area contributed by atoms with E-state index in [0.29, 0.717) is 0 Å². The van der Waals surface area contributed by atoms with Crippen LogP contribution in [0.5, 0.6) is 0 Å². The van der Waals surface area contributed by atoms with Gasteiger partial charge in [0, 0.05) is 31.0 Å². The second-order valence-corrected chi connectivity index (χ2v) is 5.61. The topological polar surface area (TPSA) is 44.5 Å². The minimum atomic E-state index is -6.34. The zero-order valence-electron chi connectivity index (χ0n) is 14.2. The highest BCUT2D eigenvalue weighted by Crippen LogP contribution is 2.56. The largest absolute Gasteiger partial charge is 0.430 e. The van der Waals surface area contributed by atoms with Crippen LogP contribution in [0.2, 0.25) is 0 Å². The van der Waals surface area contributed by atoms with E-state index in [0.717, 1.165) is 0 Å². The molecule has 0 heterocycles. The Morgan fingerprint density at radius 2 is 0.793 bits per heavy atom. The Hall–Kier alpha value is -1.90. The van der Waals surface area contributed by atoms with Crippen molar-refractivity contribution in [2.24, 2.45) is 0 Å². The second-order valence-electron chi connectivity index (χ2n) is 5.61. The molecule has 0 aliphatic heterocycles. The fraction of sp³-hybridized carbons (Fsp3) is 0.571. The fourth-order valence-electron chi connectivity index (χ4n) is 2.73. The molecule has 0 aromatic heterocycles. The van der Waals surface area contributed by atoms with Gasteiger partial charge in [0.2, 0.25) is 0 Å². The molecule has 0 unspecified atom stereocenters. The monoisotopic (exact) mass is 453 g/mol. The highest BCUT2D eigenvalue weighted by molar-refractivity contribution is 5.50. The molecule has 1 rings (SSSR count). The number of hydrogen-bond donors (Lipinski definition) is 1. The van der Waals surface area contributed by atoms with Gasteiger partial charge in [-0.3, -0.25) is 0 Å². The smallest absolute Gasteiger partial charge is 0.399 e. The van der Waals surface area contributed by atoms with Gasteiger partial charge in [-0.1, -0.05) is 0 Å². The summed E-state index contributed by atoms with van der Waals surface area (Å²) in [5.41, 5.74) is -11.0. The third-order valence-electron chi connectivity index (χ3n) is 3.98. The lowest BCUT2D eigenvalue weighted by atomic mass is 9.84. The van der Waals surface area contributed by atoms with Gasteiger partial charge in [0.15, 0.2) is 0 Å². The van der Waals surface area contributed by atoms with Crippen molar-refractivity contribution in [2.45, 2.75) is 35.9 Å². The van der Waals surface area contributed by atoms with Crippen LogP contribution in [0.15, 0.2) is 18.2 Å². The molecule has 3 nitrogen and oxygen atoms in total. The van der Waals surface area contributed by atoms with Gasteiger partial charge in [0.25, 0.3) is 11.2 Å². The van der Waals surface area contributed by atoms with Crippen molar-refractivity contribution in [1.82, 2.24) is 0 Å². The molecule has 0 saturated heterocycles. The van der Waals surface area contributed by atoms with Crippen LogP contribution in [0.4, 0.5) is 58.4 Å². The highest BCUT2D eigenvalue weighted by atomic mass is 19.4. The SMILES string of the molecule is COC(c1cc(N)cc(C(OC)(C(F)(F)F)C(F)(F)F)c1)(C(F)(F)F)C(F)(F)F. The first-order valence-electron chi connectivity index (χ1n) is 7.01. The second kappa shape index (κ2) is 7.11. The van der Waals surface area contributed by atoms with E-state index in [4.69, 9.17) is 5.73 Å². The van der Waals surface area contributed by atoms with Crippen molar-refractivity contribution < 1.29 is 62.2 Å². The minimum absolute atomic E-state index is 0.0685. The van der Waals surface area contributed by atoms with E-state index in [1.807, 2.05) is 0 Å². The van der Waals surface area contributed by atoms with Crippen LogP contribution in [0.3, 0.4) is 0 Å². The molecule has 0 amide bonds. The number of anilines is 1. The molecule has 0 aliphatic carbocycles. The first-order chi connectivity index (χ1) is 12.7. The number of alkyl halides is 12. The lowest BCUT2D eigenvalue weighted by molar-refractivity contribution is -0.385. The van der Waals surface area contributed by atoms with Crippen LogP contribution < -0.4 is 5.73 Å². The van der Waals surface area contributed by atoms with Gasteiger partial charge in [-0.15, -0.1) is 0 Å². The van der Waals surface area contributed by atoms with Crippen LogP contribution >= 0.6 is 0 Å². The third kappa shape index (κ3) is 3.69. The molecule has 1 aromatic rings. The lowest BCUT2D eigenvalue weighted by Gasteiger charge is -2.39. The molecule has 0 fully saturated rings. The predicted molar refractivity (Wildman–Crippen MR) is 72.4 cm³/mol. The van der Waals surface area contributed by atoms with Crippen LogP contribution in [-0.4, -0.2) is 38.9 Å². The summed E-state index contributed by atoms with van der Waals surface area (Å²) in [5.74, 6) is 0. The van der Waals surface area contributed by atoms with Gasteiger partial charge in [0.1, 0.15) is 0 Å². The Balaban J connectivity index is 4.10. The number of nitrogen functional groups attached to an aromatic ring is 1. The number of rotatable bonds is 4. The minimum Gasteiger partial charge on any atom is -0.399 e. The molecule has 1 aromatic carbocycles. The van der Waals surface area contributed by atoms with Crippen LogP contribution in [-0.2, 0) is 20.7 Å². The van der Waals surface area contributed by atoms with E-state index in [1.165, 1.54) is 0 Å². The molecule has 0 bridgehead atoms. The molecule has 0 aliphatic rings. The van der Waals surface area contributed by atoms with Gasteiger partial charge < -0.3 is 15.2 Å². The molecule has 168 valence electrons. The normalized spacial score (nSPS) is 15.0. The van der Waals surface area contributed by atoms with E-state index < -0.39 is 58.8 Å². The fourth-order valence-corrected chi connectivity index (χ4v) is 2.73. The zero-order chi connectivity index (χ0) is 23.3. The summed E-state index contributed by atoms with van der Waals surface area (Å²) in [4.78, 5) is 0. The van der Waals surface area contributed by atoms with Crippen molar-refractivity contribution in [3.05, 3.63) is 29.3 Å². The quantitative estimate of drug-likeness (QED) is 0.504. The van der Waals surface area contributed by atoms with E-state index in [1.54, 1.807) is 0 Å². The number of ether oxygens (including phenoxy) is 2. The van der Waals surface area contributed by atoms with Crippen molar-refractivity contribution in [3.63, 3.8) is 0 Å². The lowest BCUT2D eigenvalue weighted by Crippen LogP contribution is -2.57. The summed E-state index contributed by atoms with van der Waals surface area (Å²) < 4.78 is 167. The molecule has 2 N–H and O–H groups in total. The highest BCUT2D eigenvalue weighted by Gasteiger charge is 2.75. The van der Waals surface area contributed by atoms with Crippen molar-refractivity contribution in [3.8, 4) is 0 Å². The Bertz CT molecular complexity index is 646. The summed E-state index contributed by atoms with van der Waals surface area (Å²) in [6.07, 6.45) is -25.3. The van der Waals surface area contributed by atoms with Crippen molar-refractivity contribution in [2.75, 3.05) is 20.0 Å². The van der Waals surface area contributed by atoms with E-state index in [2.05, 4.69) is 9.47 Å². The maximum absolute atomic E-state index is 13.3. The van der Waals surface area contributed by atoms with Crippen molar-refractivity contribution >= 4 is 5.69 Å². The summed E-state index contributed by atoms with van der Waals surface area (Å²) in [6.45, 7) is 0. The standard InChI is InChI=1S/C14H11F12NO2/c1-28-9(11(15,16)17,12(18,19)20)6-3-7(5-8(27)4-6)10(29-2,13(21,22)23)14(24,25)26/h3-5H,27H2,1-2H3. The molecule has 29 heavy (non-hydrogen) atoms. The number of hydrogen-bond acceptors (Lipinski definition) is 3. The first kappa shape index (κ1) is 25.1. The van der Waals surface area contributed by atoms with Crippen molar-refractivity contribution in [1.29, 1.82) is 0 Å². The van der Waals surface area contributed by atoms with E-state index >= 15 is 0 Å². The van der Waals surface area contributed by atoms with Gasteiger partial charge in [-0.05, 0) is 18.2 Å². The summed E-state index contributed by atoms with van der Waals surface area (Å²) in [6, 6.07) is -0.798. The summed E-state index contributed by atoms with van der Waals surface area (Å²) >= 11 is 0. The van der Waals surface area contributed by atoms with Gasteiger partial charge in [-0.2, -0.15) is 52.7 Å². The summed E-state index contributed by atoms with van der Waals surface area (Å²) in [7, 11) is -0.137. The molecule has 0 radical (unpaired) electrons. The van der Waals surface area contributed by atoms with Crippen LogP contribution in [0.1, 0.15) is 11.1 Å². The number of halogens is 12. The maximum atomic E-state index is 13.3. The maximum Gasteiger partial charge on any atom is 0.430 e. The van der Waals surface area contributed by atoms with Crippen LogP contribution in [0.25, 0.3) is 0 Å². The first-order valence-corrected chi connectivity index (χ1v) is 7.01. The number of methoxy groups -OCH3 is 2. The van der Waals surface area contributed by atoms with E-state index in [9.17, 15) is 52.7 Å². The Morgan fingerprint density at radius 3 is 0.966 bits per heavy atom. The Kier molecular flexibility index (Phi) is 6.16. The molecule has 0 atom stereocenters. The Morgan fingerprint density at radius 1 is 0.552 bits per heavy atom. The number of nitrogens with two attached hydrogens (primary N) is 1. The molecular weight excluding hydrogens is 442 g/mol. The van der Waals surface area contributed by atoms with Gasteiger partial charge >= 0.3 is 24.7 Å². The summed E-state index contributed by atoms with van der Waals surface area (Å²) in [5, 5.41) is 0.